The van der Waals surface area contributed by atoms with Gasteiger partial charge in [0.15, 0.2) is 0 Å². The smallest absolute Gasteiger partial charge is 0.146 e. The zero-order valence-corrected chi connectivity index (χ0v) is 14.7. The van der Waals surface area contributed by atoms with Crippen LogP contribution in [0.25, 0.3) is 0 Å². The predicted molar refractivity (Wildman–Crippen MR) is 92.5 cm³/mol. The number of nitrogens with one attached hydrogen (secondary N) is 1. The largest absolute Gasteiger partial charge is 0.368 e. The van der Waals surface area contributed by atoms with Crippen LogP contribution in [0.3, 0.4) is 0 Å². The van der Waals surface area contributed by atoms with Gasteiger partial charge in [0.2, 0.25) is 0 Å². The molecule has 1 aromatic carbocycles. The molecule has 0 fully saturated rings. The van der Waals surface area contributed by atoms with Crippen molar-refractivity contribution in [3.63, 3.8) is 0 Å². The van der Waals surface area contributed by atoms with Gasteiger partial charge in [-0.1, -0.05) is 13.0 Å². The van der Waals surface area contributed by atoms with E-state index >= 15 is 0 Å². The SMILES string of the molecule is CCCNCc1ccc(N(C)Cc2csc(Br)c2)c(F)c1. The number of hydrogen-bond acceptors (Lipinski definition) is 3. The summed E-state index contributed by atoms with van der Waals surface area (Å²) >= 11 is 5.10. The third kappa shape index (κ3) is 4.80. The van der Waals surface area contributed by atoms with E-state index in [0.29, 0.717) is 18.8 Å². The molecule has 0 aliphatic rings. The van der Waals surface area contributed by atoms with Gasteiger partial charge in [-0.25, -0.2) is 4.39 Å². The van der Waals surface area contributed by atoms with Gasteiger partial charge in [0.25, 0.3) is 0 Å². The van der Waals surface area contributed by atoms with Crippen LogP contribution in [0.5, 0.6) is 0 Å². The van der Waals surface area contributed by atoms with Crippen LogP contribution in [0.4, 0.5) is 10.1 Å². The summed E-state index contributed by atoms with van der Waals surface area (Å²) < 4.78 is 15.3. The normalized spacial score (nSPS) is 10.9. The van der Waals surface area contributed by atoms with Crippen LogP contribution >= 0.6 is 27.3 Å². The minimum absolute atomic E-state index is 0.164. The van der Waals surface area contributed by atoms with Crippen molar-refractivity contribution >= 4 is 33.0 Å². The Bertz CT molecular complexity index is 585. The molecule has 0 bridgehead atoms. The Kier molecular flexibility index (Phi) is 6.21. The van der Waals surface area contributed by atoms with Crippen LogP contribution in [0.1, 0.15) is 24.5 Å². The second kappa shape index (κ2) is 7.92. The number of rotatable bonds is 7. The fourth-order valence-corrected chi connectivity index (χ4v) is 3.37. The molecule has 1 N–H and O–H groups in total. The van der Waals surface area contributed by atoms with E-state index in [1.807, 2.05) is 24.1 Å². The molecule has 1 heterocycles. The first-order chi connectivity index (χ1) is 10.1. The Morgan fingerprint density at radius 3 is 2.71 bits per heavy atom. The lowest BCUT2D eigenvalue weighted by atomic mass is 10.1. The number of hydrogen-bond donors (Lipinski definition) is 1. The number of benzene rings is 1. The van der Waals surface area contributed by atoms with Crippen molar-refractivity contribution in [1.82, 2.24) is 5.32 Å². The number of halogens is 2. The Morgan fingerprint density at radius 1 is 1.29 bits per heavy atom. The van der Waals surface area contributed by atoms with Crippen LogP contribution in [0.2, 0.25) is 0 Å². The lowest BCUT2D eigenvalue weighted by Gasteiger charge is -2.20. The predicted octanol–water partition coefficient (Wildman–Crippen LogP) is 4.79. The zero-order valence-electron chi connectivity index (χ0n) is 12.3. The summed E-state index contributed by atoms with van der Waals surface area (Å²) in [5.41, 5.74) is 2.80. The van der Waals surface area contributed by atoms with Crippen LogP contribution < -0.4 is 10.2 Å². The highest BCUT2D eigenvalue weighted by Gasteiger charge is 2.10. The summed E-state index contributed by atoms with van der Waals surface area (Å²) in [7, 11) is 1.92. The number of anilines is 1. The molecule has 2 rings (SSSR count). The first-order valence-electron chi connectivity index (χ1n) is 7.03. The molecule has 2 aromatic rings. The fourth-order valence-electron chi connectivity index (χ4n) is 2.17. The van der Waals surface area contributed by atoms with Crippen molar-refractivity contribution in [2.75, 3.05) is 18.5 Å². The molecule has 0 aliphatic carbocycles. The van der Waals surface area contributed by atoms with E-state index < -0.39 is 0 Å². The molecular formula is C16H20BrFN2S. The average Bonchev–Trinajstić information content (AvgIpc) is 2.84. The van der Waals surface area contributed by atoms with E-state index in [-0.39, 0.29) is 5.82 Å². The molecular weight excluding hydrogens is 351 g/mol. The lowest BCUT2D eigenvalue weighted by molar-refractivity contribution is 0.614. The Balaban J connectivity index is 2.02. The molecule has 1 aromatic heterocycles. The first kappa shape index (κ1) is 16.5. The van der Waals surface area contributed by atoms with Crippen molar-refractivity contribution in [2.45, 2.75) is 26.4 Å². The van der Waals surface area contributed by atoms with E-state index in [2.05, 4.69) is 39.6 Å². The molecule has 0 amide bonds. The van der Waals surface area contributed by atoms with Gasteiger partial charge < -0.3 is 10.2 Å². The molecule has 5 heteroatoms. The minimum Gasteiger partial charge on any atom is -0.368 e. The molecule has 2 nitrogen and oxygen atoms in total. The minimum atomic E-state index is -0.164. The molecule has 0 aliphatic heterocycles. The lowest BCUT2D eigenvalue weighted by Crippen LogP contribution is -2.18. The van der Waals surface area contributed by atoms with E-state index in [9.17, 15) is 4.39 Å². The van der Waals surface area contributed by atoms with E-state index in [1.165, 1.54) is 5.56 Å². The van der Waals surface area contributed by atoms with E-state index in [1.54, 1.807) is 17.4 Å². The molecule has 0 spiro atoms. The highest BCUT2D eigenvalue weighted by Crippen LogP contribution is 2.25. The third-order valence-electron chi connectivity index (χ3n) is 3.22. The quantitative estimate of drug-likeness (QED) is 0.705. The molecule has 114 valence electrons. The summed E-state index contributed by atoms with van der Waals surface area (Å²) in [6.07, 6.45) is 1.08. The van der Waals surface area contributed by atoms with Crippen molar-refractivity contribution < 1.29 is 4.39 Å². The van der Waals surface area contributed by atoms with Gasteiger partial charge in [-0.15, -0.1) is 11.3 Å². The fraction of sp³-hybridized carbons (Fsp3) is 0.375. The summed E-state index contributed by atoms with van der Waals surface area (Å²) in [5, 5.41) is 5.37. The second-order valence-electron chi connectivity index (χ2n) is 5.08. The van der Waals surface area contributed by atoms with Gasteiger partial charge in [0.05, 0.1) is 9.47 Å². The standard InChI is InChI=1S/C16H20BrFN2S/c1-3-6-19-9-12-4-5-15(14(18)7-12)20(2)10-13-8-16(17)21-11-13/h4-5,7-8,11,19H,3,6,9-10H2,1-2H3. The maximum Gasteiger partial charge on any atom is 0.146 e. The monoisotopic (exact) mass is 370 g/mol. The molecule has 0 saturated heterocycles. The van der Waals surface area contributed by atoms with Crippen molar-refractivity contribution in [1.29, 1.82) is 0 Å². The van der Waals surface area contributed by atoms with Gasteiger partial charge in [-0.2, -0.15) is 0 Å². The van der Waals surface area contributed by atoms with Gasteiger partial charge in [0.1, 0.15) is 5.82 Å². The Morgan fingerprint density at radius 2 is 2.10 bits per heavy atom. The summed E-state index contributed by atoms with van der Waals surface area (Å²) in [6.45, 7) is 4.49. The molecule has 0 unspecified atom stereocenters. The summed E-state index contributed by atoms with van der Waals surface area (Å²) in [4.78, 5) is 1.94. The topological polar surface area (TPSA) is 15.3 Å². The van der Waals surface area contributed by atoms with Gasteiger partial charge >= 0.3 is 0 Å². The number of thiophene rings is 1. The summed E-state index contributed by atoms with van der Waals surface area (Å²) in [5.74, 6) is -0.164. The first-order valence-corrected chi connectivity index (χ1v) is 8.70. The molecule has 0 atom stereocenters. The van der Waals surface area contributed by atoms with Crippen LogP contribution in [-0.4, -0.2) is 13.6 Å². The van der Waals surface area contributed by atoms with Crippen molar-refractivity contribution in [3.05, 3.63) is 50.4 Å². The highest BCUT2D eigenvalue weighted by molar-refractivity contribution is 9.11. The maximum atomic E-state index is 14.2. The van der Waals surface area contributed by atoms with Crippen molar-refractivity contribution in [2.24, 2.45) is 0 Å². The third-order valence-corrected chi connectivity index (χ3v) is 4.77. The molecule has 0 saturated carbocycles. The average molecular weight is 371 g/mol. The van der Waals surface area contributed by atoms with E-state index in [0.717, 1.165) is 22.3 Å². The summed E-state index contributed by atoms with van der Waals surface area (Å²) in [6, 6.07) is 7.54. The highest BCUT2D eigenvalue weighted by atomic mass is 79.9. The van der Waals surface area contributed by atoms with Crippen molar-refractivity contribution in [3.8, 4) is 0 Å². The van der Waals surface area contributed by atoms with Crippen LogP contribution in [-0.2, 0) is 13.1 Å². The second-order valence-corrected chi connectivity index (χ2v) is 7.37. The van der Waals surface area contributed by atoms with Crippen LogP contribution in [0.15, 0.2) is 33.4 Å². The van der Waals surface area contributed by atoms with Gasteiger partial charge in [0, 0.05) is 20.1 Å². The molecule has 21 heavy (non-hydrogen) atoms. The van der Waals surface area contributed by atoms with E-state index in [4.69, 9.17) is 0 Å². The van der Waals surface area contributed by atoms with Crippen LogP contribution in [0, 0.1) is 5.82 Å². The molecule has 0 radical (unpaired) electrons. The van der Waals surface area contributed by atoms with Gasteiger partial charge in [-0.3, -0.25) is 0 Å². The Labute approximate surface area is 138 Å². The zero-order chi connectivity index (χ0) is 15.2. The van der Waals surface area contributed by atoms with Gasteiger partial charge in [-0.05, 0) is 63.6 Å². The Hall–Kier alpha value is -0.910. The number of nitrogens with zero attached hydrogens (tertiary/aromatic N) is 1. The maximum absolute atomic E-state index is 14.2.